The van der Waals surface area contributed by atoms with Crippen LogP contribution in [0.4, 0.5) is 0 Å². The quantitative estimate of drug-likeness (QED) is 0.505. The Hall–Kier alpha value is -0.500. The Bertz CT molecular complexity index is 334. The van der Waals surface area contributed by atoms with Gasteiger partial charge in [0.05, 0.1) is 6.61 Å². The van der Waals surface area contributed by atoms with Crippen LogP contribution in [-0.4, -0.2) is 11.9 Å². The van der Waals surface area contributed by atoms with E-state index in [1.807, 2.05) is 0 Å². The summed E-state index contributed by atoms with van der Waals surface area (Å²) in [5, 5.41) is 1.09. The van der Waals surface area contributed by atoms with Crippen molar-refractivity contribution in [3.05, 3.63) is 29.3 Å². The highest BCUT2D eigenvalue weighted by atomic mass is 79.9. The lowest BCUT2D eigenvalue weighted by atomic mass is 10.0. The van der Waals surface area contributed by atoms with Gasteiger partial charge in [0.25, 0.3) is 0 Å². The minimum Gasteiger partial charge on any atom is -0.493 e. The number of hydrogen-bond donors (Lipinski definition) is 0. The van der Waals surface area contributed by atoms with Gasteiger partial charge in [0.1, 0.15) is 5.75 Å². The van der Waals surface area contributed by atoms with Gasteiger partial charge in [-0.25, -0.2) is 0 Å². The van der Waals surface area contributed by atoms with Gasteiger partial charge >= 0.3 is 0 Å². The van der Waals surface area contributed by atoms with Gasteiger partial charge in [-0.05, 0) is 49.3 Å². The molecular weight excluding hydrogens is 276 g/mol. The first kappa shape index (κ1) is 14.6. The third-order valence-corrected chi connectivity index (χ3v) is 3.48. The lowest BCUT2D eigenvalue weighted by Crippen LogP contribution is -2.00. The Morgan fingerprint density at radius 1 is 1.18 bits per heavy atom. The SMILES string of the molecule is Cc1ccc(C(C)C)cc1OCCCCCBr. The predicted molar refractivity (Wildman–Crippen MR) is 78.4 cm³/mol. The number of hydrogen-bond acceptors (Lipinski definition) is 1. The normalized spacial score (nSPS) is 10.9. The van der Waals surface area contributed by atoms with Crippen LogP contribution in [0.3, 0.4) is 0 Å². The van der Waals surface area contributed by atoms with Crippen LogP contribution < -0.4 is 4.74 Å². The summed E-state index contributed by atoms with van der Waals surface area (Å²) >= 11 is 3.44. The van der Waals surface area contributed by atoms with E-state index in [-0.39, 0.29) is 0 Å². The van der Waals surface area contributed by atoms with Crippen LogP contribution in [0.25, 0.3) is 0 Å². The van der Waals surface area contributed by atoms with Gasteiger partial charge in [0.2, 0.25) is 0 Å². The van der Waals surface area contributed by atoms with Gasteiger partial charge < -0.3 is 4.74 Å². The minimum absolute atomic E-state index is 0.561. The van der Waals surface area contributed by atoms with Gasteiger partial charge in [-0.3, -0.25) is 0 Å². The molecule has 0 aliphatic carbocycles. The van der Waals surface area contributed by atoms with Crippen molar-refractivity contribution in [1.29, 1.82) is 0 Å². The molecule has 0 N–H and O–H groups in total. The molecule has 0 aliphatic heterocycles. The molecule has 0 fully saturated rings. The van der Waals surface area contributed by atoms with E-state index in [2.05, 4.69) is 54.9 Å². The fraction of sp³-hybridized carbons (Fsp3) is 0.600. The zero-order valence-corrected chi connectivity index (χ0v) is 12.7. The van der Waals surface area contributed by atoms with E-state index in [0.717, 1.165) is 24.1 Å². The van der Waals surface area contributed by atoms with Crippen molar-refractivity contribution in [2.24, 2.45) is 0 Å². The Balaban J connectivity index is 2.49. The van der Waals surface area contributed by atoms with Gasteiger partial charge in [0.15, 0.2) is 0 Å². The highest BCUT2D eigenvalue weighted by Gasteiger charge is 2.04. The molecule has 96 valence electrons. The fourth-order valence-electron chi connectivity index (χ4n) is 1.69. The zero-order valence-electron chi connectivity index (χ0n) is 11.1. The average molecular weight is 299 g/mol. The number of aryl methyl sites for hydroxylation is 1. The van der Waals surface area contributed by atoms with Crippen molar-refractivity contribution in [2.75, 3.05) is 11.9 Å². The molecule has 0 saturated heterocycles. The maximum Gasteiger partial charge on any atom is 0.122 e. The molecule has 0 aliphatic rings. The fourth-order valence-corrected chi connectivity index (χ4v) is 2.08. The Morgan fingerprint density at radius 2 is 1.94 bits per heavy atom. The molecule has 0 heterocycles. The number of alkyl halides is 1. The number of rotatable bonds is 7. The van der Waals surface area contributed by atoms with Crippen LogP contribution in [0.5, 0.6) is 5.75 Å². The minimum atomic E-state index is 0.561. The van der Waals surface area contributed by atoms with Crippen molar-refractivity contribution < 1.29 is 4.74 Å². The van der Waals surface area contributed by atoms with Crippen molar-refractivity contribution >= 4 is 15.9 Å². The number of halogens is 1. The summed E-state index contributed by atoms with van der Waals surface area (Å²) in [6, 6.07) is 6.53. The van der Waals surface area contributed by atoms with Gasteiger partial charge in [-0.1, -0.05) is 41.9 Å². The van der Waals surface area contributed by atoms with E-state index in [1.165, 1.54) is 24.0 Å². The largest absolute Gasteiger partial charge is 0.493 e. The Labute approximate surface area is 114 Å². The van der Waals surface area contributed by atoms with Crippen LogP contribution in [0, 0.1) is 6.92 Å². The molecule has 1 rings (SSSR count). The maximum absolute atomic E-state index is 5.86. The first-order valence-electron chi connectivity index (χ1n) is 6.44. The third kappa shape index (κ3) is 5.12. The highest BCUT2D eigenvalue weighted by molar-refractivity contribution is 9.09. The molecule has 0 amide bonds. The van der Waals surface area contributed by atoms with Gasteiger partial charge in [0, 0.05) is 5.33 Å². The molecule has 1 aromatic carbocycles. The summed E-state index contributed by atoms with van der Waals surface area (Å²) in [5.41, 5.74) is 2.58. The molecule has 0 unspecified atom stereocenters. The summed E-state index contributed by atoms with van der Waals surface area (Å²) in [4.78, 5) is 0. The predicted octanol–water partition coefficient (Wildman–Crippen LogP) is 5.06. The van der Waals surface area contributed by atoms with Crippen LogP contribution >= 0.6 is 15.9 Å². The summed E-state index contributed by atoms with van der Waals surface area (Å²) < 4.78 is 5.86. The number of benzene rings is 1. The molecule has 0 saturated carbocycles. The van der Waals surface area contributed by atoms with E-state index in [4.69, 9.17) is 4.74 Å². The molecule has 0 atom stereocenters. The second kappa shape index (κ2) is 7.75. The van der Waals surface area contributed by atoms with E-state index in [0.29, 0.717) is 5.92 Å². The highest BCUT2D eigenvalue weighted by Crippen LogP contribution is 2.24. The first-order valence-corrected chi connectivity index (χ1v) is 7.56. The summed E-state index contributed by atoms with van der Waals surface area (Å²) in [6.07, 6.45) is 3.60. The lowest BCUT2D eigenvalue weighted by Gasteiger charge is -2.12. The second-order valence-electron chi connectivity index (χ2n) is 4.78. The molecule has 0 aromatic heterocycles. The van der Waals surface area contributed by atoms with Crippen LogP contribution in [0.2, 0.25) is 0 Å². The molecule has 0 radical (unpaired) electrons. The van der Waals surface area contributed by atoms with Crippen molar-refractivity contribution in [1.82, 2.24) is 0 Å². The third-order valence-electron chi connectivity index (χ3n) is 2.91. The Morgan fingerprint density at radius 3 is 2.59 bits per heavy atom. The van der Waals surface area contributed by atoms with Crippen molar-refractivity contribution in [2.45, 2.75) is 46.0 Å². The van der Waals surface area contributed by atoms with Crippen molar-refractivity contribution in [3.8, 4) is 5.75 Å². The Kier molecular flexibility index (Phi) is 6.64. The first-order chi connectivity index (χ1) is 8.15. The number of unbranched alkanes of at least 4 members (excludes halogenated alkanes) is 2. The van der Waals surface area contributed by atoms with Crippen LogP contribution in [0.15, 0.2) is 18.2 Å². The zero-order chi connectivity index (χ0) is 12.7. The smallest absolute Gasteiger partial charge is 0.122 e. The molecule has 17 heavy (non-hydrogen) atoms. The molecule has 1 aromatic rings. The van der Waals surface area contributed by atoms with Gasteiger partial charge in [-0.15, -0.1) is 0 Å². The average Bonchev–Trinajstić information content (AvgIpc) is 2.30. The molecule has 2 heteroatoms. The van der Waals surface area contributed by atoms with E-state index >= 15 is 0 Å². The van der Waals surface area contributed by atoms with Crippen LogP contribution in [-0.2, 0) is 0 Å². The molecule has 0 spiro atoms. The standard InChI is InChI=1S/C15H23BrO/c1-12(2)14-8-7-13(3)15(11-14)17-10-6-4-5-9-16/h7-8,11-12H,4-6,9-10H2,1-3H3. The number of ether oxygens (including phenoxy) is 1. The summed E-state index contributed by atoms with van der Waals surface area (Å²) in [6.45, 7) is 7.36. The van der Waals surface area contributed by atoms with E-state index < -0.39 is 0 Å². The maximum atomic E-state index is 5.86. The molecule has 0 bridgehead atoms. The van der Waals surface area contributed by atoms with E-state index in [9.17, 15) is 0 Å². The summed E-state index contributed by atoms with van der Waals surface area (Å²) in [5.74, 6) is 1.61. The lowest BCUT2D eigenvalue weighted by molar-refractivity contribution is 0.304. The van der Waals surface area contributed by atoms with E-state index in [1.54, 1.807) is 0 Å². The topological polar surface area (TPSA) is 9.23 Å². The molecular formula is C15H23BrO. The van der Waals surface area contributed by atoms with Crippen molar-refractivity contribution in [3.63, 3.8) is 0 Å². The molecule has 1 nitrogen and oxygen atoms in total. The monoisotopic (exact) mass is 298 g/mol. The summed E-state index contributed by atoms with van der Waals surface area (Å²) in [7, 11) is 0. The second-order valence-corrected chi connectivity index (χ2v) is 5.57. The van der Waals surface area contributed by atoms with Gasteiger partial charge in [-0.2, -0.15) is 0 Å². The van der Waals surface area contributed by atoms with Crippen LogP contribution in [0.1, 0.15) is 50.2 Å².